The summed E-state index contributed by atoms with van der Waals surface area (Å²) in [6, 6.07) is 8.05. The van der Waals surface area contributed by atoms with Crippen LogP contribution in [0.1, 0.15) is 29.4 Å². The lowest BCUT2D eigenvalue weighted by atomic mass is 9.98. The molecule has 2 aromatic heterocycles. The first-order valence-corrected chi connectivity index (χ1v) is 11.4. The van der Waals surface area contributed by atoms with E-state index in [2.05, 4.69) is 15.0 Å². The number of hydrogen-bond acceptors (Lipinski definition) is 5. The molecule has 4 aromatic rings. The summed E-state index contributed by atoms with van der Waals surface area (Å²) >= 11 is 0. The minimum absolute atomic E-state index is 0.196. The lowest BCUT2D eigenvalue weighted by molar-refractivity contribution is -0.138. The Morgan fingerprint density at radius 2 is 1.74 bits per heavy atom. The summed E-state index contributed by atoms with van der Waals surface area (Å²) in [5, 5.41) is 0. The molecule has 2 aromatic carbocycles. The van der Waals surface area contributed by atoms with Crippen LogP contribution in [0, 0.1) is 5.82 Å². The molecule has 10 heteroatoms. The zero-order valence-electron chi connectivity index (χ0n) is 18.6. The summed E-state index contributed by atoms with van der Waals surface area (Å²) in [5.41, 5.74) is 1.32. The zero-order chi connectivity index (χ0) is 24.2. The summed E-state index contributed by atoms with van der Waals surface area (Å²) in [7, 11) is 0. The smallest absolute Gasteiger partial charge is 0.378 e. The van der Waals surface area contributed by atoms with Crippen LogP contribution in [-0.4, -0.2) is 45.8 Å². The normalized spacial score (nSPS) is 18.3. The zero-order valence-corrected chi connectivity index (χ0v) is 18.6. The van der Waals surface area contributed by atoms with Crippen molar-refractivity contribution in [3.05, 3.63) is 71.6 Å². The van der Waals surface area contributed by atoms with Crippen molar-refractivity contribution in [2.24, 2.45) is 0 Å². The van der Waals surface area contributed by atoms with Crippen LogP contribution in [-0.2, 0) is 17.3 Å². The highest BCUT2D eigenvalue weighted by molar-refractivity contribution is 5.83. The summed E-state index contributed by atoms with van der Waals surface area (Å²) < 4.78 is 63.4. The lowest BCUT2D eigenvalue weighted by Gasteiger charge is -2.26. The van der Waals surface area contributed by atoms with E-state index in [1.165, 1.54) is 18.2 Å². The molecule has 0 bridgehead atoms. The Hall–Kier alpha value is -3.53. The quantitative estimate of drug-likeness (QED) is 0.383. The Kier molecular flexibility index (Phi) is 5.21. The minimum Gasteiger partial charge on any atom is -0.378 e. The fourth-order valence-corrected chi connectivity index (χ4v) is 5.03. The molecular weight excluding hydrogens is 462 g/mol. The number of alkyl halides is 3. The molecule has 1 saturated heterocycles. The van der Waals surface area contributed by atoms with Crippen molar-refractivity contribution in [1.82, 2.24) is 19.5 Å². The van der Waals surface area contributed by atoms with Gasteiger partial charge in [0.1, 0.15) is 11.6 Å². The topological polar surface area (TPSA) is 56.1 Å². The average Bonchev–Trinajstić information content (AvgIpc) is 3.43. The maximum atomic E-state index is 15.1. The third-order valence-electron chi connectivity index (χ3n) is 6.67. The molecule has 6 rings (SSSR count). The Labute approximate surface area is 198 Å². The number of fused-ring (bicyclic) bond motifs is 3. The fraction of sp³-hybridized carbons (Fsp3) is 0.320. The van der Waals surface area contributed by atoms with E-state index in [0.717, 1.165) is 6.07 Å². The number of imidazole rings is 1. The first-order valence-electron chi connectivity index (χ1n) is 11.4. The van der Waals surface area contributed by atoms with Crippen LogP contribution in [0.15, 0.2) is 48.8 Å². The first kappa shape index (κ1) is 22.0. The summed E-state index contributed by atoms with van der Waals surface area (Å²) in [4.78, 5) is 15.3. The van der Waals surface area contributed by atoms with Crippen LogP contribution >= 0.6 is 0 Å². The van der Waals surface area contributed by atoms with Crippen molar-refractivity contribution in [3.63, 3.8) is 0 Å². The van der Waals surface area contributed by atoms with E-state index in [4.69, 9.17) is 4.74 Å². The number of aromatic nitrogens is 4. The number of anilines is 1. The van der Waals surface area contributed by atoms with Crippen molar-refractivity contribution in [3.8, 4) is 11.1 Å². The number of hydrogen-bond donors (Lipinski definition) is 0. The molecule has 0 saturated carbocycles. The predicted octanol–water partition coefficient (Wildman–Crippen LogP) is 5.02. The molecule has 0 amide bonds. The Balaban J connectivity index is 1.41. The van der Waals surface area contributed by atoms with Crippen LogP contribution in [0.25, 0.3) is 22.2 Å². The Bertz CT molecular complexity index is 1390. The largest absolute Gasteiger partial charge is 0.416 e. The first-order chi connectivity index (χ1) is 16.9. The van der Waals surface area contributed by atoms with Gasteiger partial charge in [0.15, 0.2) is 0 Å². The Morgan fingerprint density at radius 1 is 1.00 bits per heavy atom. The number of aryl methyl sites for hydroxylation is 1. The second-order valence-electron chi connectivity index (χ2n) is 8.73. The van der Waals surface area contributed by atoms with Gasteiger partial charge >= 0.3 is 6.18 Å². The SMILES string of the molecule is Fc1cc2nc3n(c2cc1-c1cnc(N2CCOCC2)nc1)[C@H](c1ccccc1C(F)(F)F)CC3. The van der Waals surface area contributed by atoms with Gasteiger partial charge in [0.05, 0.1) is 35.9 Å². The molecule has 180 valence electrons. The molecule has 1 fully saturated rings. The Morgan fingerprint density at radius 3 is 2.49 bits per heavy atom. The van der Waals surface area contributed by atoms with Crippen LogP contribution < -0.4 is 4.90 Å². The molecule has 0 N–H and O–H groups in total. The molecule has 2 aliphatic rings. The van der Waals surface area contributed by atoms with E-state index >= 15 is 4.39 Å². The highest BCUT2D eigenvalue weighted by Crippen LogP contribution is 2.42. The molecule has 0 unspecified atom stereocenters. The predicted molar refractivity (Wildman–Crippen MR) is 122 cm³/mol. The van der Waals surface area contributed by atoms with Gasteiger partial charge in [-0.05, 0) is 24.1 Å². The summed E-state index contributed by atoms with van der Waals surface area (Å²) in [6.07, 6.45) is -0.318. The molecule has 0 radical (unpaired) electrons. The van der Waals surface area contributed by atoms with Gasteiger partial charge in [0.2, 0.25) is 5.95 Å². The van der Waals surface area contributed by atoms with Crippen molar-refractivity contribution < 1.29 is 22.3 Å². The average molecular weight is 483 g/mol. The second kappa shape index (κ2) is 8.30. The van der Waals surface area contributed by atoms with Gasteiger partial charge in [0, 0.05) is 49.1 Å². The van der Waals surface area contributed by atoms with Crippen molar-refractivity contribution in [1.29, 1.82) is 0 Å². The minimum atomic E-state index is -4.47. The van der Waals surface area contributed by atoms with Gasteiger partial charge in [0.25, 0.3) is 0 Å². The van der Waals surface area contributed by atoms with Gasteiger partial charge in [-0.1, -0.05) is 18.2 Å². The van der Waals surface area contributed by atoms with Crippen molar-refractivity contribution >= 4 is 17.0 Å². The van der Waals surface area contributed by atoms with Gasteiger partial charge in [-0.15, -0.1) is 0 Å². The van der Waals surface area contributed by atoms with E-state index < -0.39 is 23.6 Å². The monoisotopic (exact) mass is 483 g/mol. The fourth-order valence-electron chi connectivity index (χ4n) is 5.03. The highest BCUT2D eigenvalue weighted by atomic mass is 19.4. The third-order valence-corrected chi connectivity index (χ3v) is 6.67. The molecular formula is C25H21F4N5O. The molecule has 2 aliphatic heterocycles. The van der Waals surface area contributed by atoms with E-state index in [-0.39, 0.29) is 11.1 Å². The summed E-state index contributed by atoms with van der Waals surface area (Å²) in [6.45, 7) is 2.56. The van der Waals surface area contributed by atoms with Crippen molar-refractivity contribution in [2.45, 2.75) is 25.1 Å². The lowest BCUT2D eigenvalue weighted by Crippen LogP contribution is -2.37. The molecule has 35 heavy (non-hydrogen) atoms. The second-order valence-corrected chi connectivity index (χ2v) is 8.73. The van der Waals surface area contributed by atoms with Crippen LogP contribution in [0.2, 0.25) is 0 Å². The number of nitrogens with zero attached hydrogens (tertiary/aromatic N) is 5. The van der Waals surface area contributed by atoms with Crippen LogP contribution in [0.4, 0.5) is 23.5 Å². The van der Waals surface area contributed by atoms with E-state index in [9.17, 15) is 13.2 Å². The van der Waals surface area contributed by atoms with E-state index in [1.807, 2.05) is 9.47 Å². The van der Waals surface area contributed by atoms with Gasteiger partial charge < -0.3 is 14.2 Å². The molecule has 0 spiro atoms. The maximum Gasteiger partial charge on any atom is 0.416 e. The summed E-state index contributed by atoms with van der Waals surface area (Å²) in [5.74, 6) is 0.717. The molecule has 1 atom stereocenters. The van der Waals surface area contributed by atoms with Crippen LogP contribution in [0.5, 0.6) is 0 Å². The molecule has 4 heterocycles. The standard InChI is InChI=1S/C25H21F4N5O/c26-19-12-20-22(11-17(19)15-13-30-24(31-14-15)33-7-9-35-10-8-33)34-21(5-6-23(34)32-20)16-3-1-2-4-18(16)25(27,28)29/h1-4,11-14,21H,5-10H2/t21-/m0/s1. The number of morpholine rings is 1. The van der Waals surface area contributed by atoms with Gasteiger partial charge in [-0.25, -0.2) is 19.3 Å². The highest BCUT2D eigenvalue weighted by Gasteiger charge is 2.37. The number of ether oxygens (including phenoxy) is 1. The number of rotatable bonds is 3. The molecule has 0 aliphatic carbocycles. The number of benzene rings is 2. The van der Waals surface area contributed by atoms with Gasteiger partial charge in [-0.2, -0.15) is 13.2 Å². The van der Waals surface area contributed by atoms with E-state index in [1.54, 1.807) is 24.5 Å². The van der Waals surface area contributed by atoms with E-state index in [0.29, 0.717) is 67.5 Å². The third kappa shape index (κ3) is 3.81. The van der Waals surface area contributed by atoms with Crippen molar-refractivity contribution in [2.75, 3.05) is 31.2 Å². The molecule has 6 nitrogen and oxygen atoms in total. The number of halogens is 4. The van der Waals surface area contributed by atoms with Crippen LogP contribution in [0.3, 0.4) is 0 Å². The maximum absolute atomic E-state index is 15.1. The van der Waals surface area contributed by atoms with Gasteiger partial charge in [-0.3, -0.25) is 0 Å².